The van der Waals surface area contributed by atoms with Crippen LogP contribution in [0.3, 0.4) is 0 Å². The number of hydrogen-bond acceptors (Lipinski definition) is 5. The molecule has 0 bridgehead atoms. The predicted octanol–water partition coefficient (Wildman–Crippen LogP) is 2.46. The molecule has 3 aromatic heterocycles. The van der Waals surface area contributed by atoms with Crippen molar-refractivity contribution in [1.82, 2.24) is 29.8 Å². The highest BCUT2D eigenvalue weighted by Crippen LogP contribution is 2.28. The number of aryl methyl sites for hydroxylation is 1. The van der Waals surface area contributed by atoms with Gasteiger partial charge in [-0.2, -0.15) is 5.10 Å². The van der Waals surface area contributed by atoms with Crippen molar-refractivity contribution in [3.05, 3.63) is 59.3 Å². The quantitative estimate of drug-likeness (QED) is 0.703. The number of rotatable bonds is 5. The zero-order chi connectivity index (χ0) is 21.1. The second-order valence-electron chi connectivity index (χ2n) is 7.50. The third-order valence-corrected chi connectivity index (χ3v) is 5.57. The molecule has 3 aromatic rings. The van der Waals surface area contributed by atoms with Crippen LogP contribution in [0, 0.1) is 0 Å². The van der Waals surface area contributed by atoms with Gasteiger partial charge in [0.25, 0.3) is 11.8 Å². The van der Waals surface area contributed by atoms with Crippen LogP contribution in [0.4, 0.5) is 0 Å². The van der Waals surface area contributed by atoms with Crippen LogP contribution in [0.2, 0.25) is 0 Å². The Morgan fingerprint density at radius 1 is 1.17 bits per heavy atom. The van der Waals surface area contributed by atoms with Crippen LogP contribution in [-0.4, -0.2) is 55.9 Å². The second kappa shape index (κ2) is 8.61. The molecule has 1 N–H and O–H groups in total. The minimum absolute atomic E-state index is 0.00336. The third-order valence-electron chi connectivity index (χ3n) is 5.57. The molecule has 1 unspecified atom stereocenters. The lowest BCUT2D eigenvalue weighted by Gasteiger charge is -2.33. The third kappa shape index (κ3) is 3.77. The maximum atomic E-state index is 13.0. The molecule has 8 heteroatoms. The van der Waals surface area contributed by atoms with Gasteiger partial charge in [0.05, 0.1) is 17.5 Å². The van der Waals surface area contributed by atoms with E-state index in [1.54, 1.807) is 23.1 Å². The number of carbonyl (C=O) groups excluding carboxylic acids is 2. The minimum Gasteiger partial charge on any atom is -0.352 e. The molecule has 2 amide bonds. The topological polar surface area (TPSA) is 92.5 Å². The normalized spacial score (nSPS) is 16.6. The summed E-state index contributed by atoms with van der Waals surface area (Å²) in [6, 6.07) is 5.69. The zero-order valence-electron chi connectivity index (χ0n) is 17.3. The first kappa shape index (κ1) is 20.0. The lowest BCUT2D eigenvalue weighted by atomic mass is 9.94. The lowest BCUT2D eigenvalue weighted by Crippen LogP contribution is -2.39. The number of nitrogens with zero attached hydrogens (tertiary/aromatic N) is 5. The molecule has 0 aliphatic carbocycles. The van der Waals surface area contributed by atoms with Gasteiger partial charge in [0.1, 0.15) is 5.56 Å². The molecule has 0 aromatic carbocycles. The summed E-state index contributed by atoms with van der Waals surface area (Å²) < 4.78 is 1.74. The number of carbonyl (C=O) groups is 2. The van der Waals surface area contributed by atoms with E-state index in [9.17, 15) is 9.59 Å². The van der Waals surface area contributed by atoms with E-state index < -0.39 is 0 Å². The molecule has 1 aliphatic heterocycles. The molecular formula is C22H26N6O2. The molecule has 8 nitrogen and oxygen atoms in total. The average molecular weight is 406 g/mol. The van der Waals surface area contributed by atoms with Crippen molar-refractivity contribution in [3.63, 3.8) is 0 Å². The van der Waals surface area contributed by atoms with Crippen LogP contribution < -0.4 is 5.32 Å². The molecule has 1 atom stereocenters. The SMILES string of the molecule is CCNC(=O)c1cnn2c(C3CCCN(C(=O)c4ccc(CC)nc4)C3)ccnc12. The Morgan fingerprint density at radius 2 is 2.03 bits per heavy atom. The van der Waals surface area contributed by atoms with Crippen molar-refractivity contribution < 1.29 is 9.59 Å². The molecule has 1 saturated heterocycles. The Balaban J connectivity index is 1.58. The van der Waals surface area contributed by atoms with Gasteiger partial charge in [0, 0.05) is 43.6 Å². The number of hydrogen-bond donors (Lipinski definition) is 1. The van der Waals surface area contributed by atoms with Gasteiger partial charge in [-0.3, -0.25) is 14.6 Å². The standard InChI is InChI=1S/C22H26N6O2/c1-3-17-8-7-15(12-25-17)22(30)27-11-5-6-16(14-27)19-9-10-24-20-18(13-26-28(19)20)21(29)23-4-2/h7-10,12-13,16H,3-6,11,14H2,1-2H3,(H,23,29). The lowest BCUT2D eigenvalue weighted by molar-refractivity contribution is 0.0704. The summed E-state index contributed by atoms with van der Waals surface area (Å²) in [6.07, 6.45) is 7.64. The fourth-order valence-corrected chi connectivity index (χ4v) is 3.98. The molecule has 0 saturated carbocycles. The summed E-state index contributed by atoms with van der Waals surface area (Å²) in [5.74, 6) is -0.0534. The number of amides is 2. The van der Waals surface area contributed by atoms with E-state index in [0.717, 1.165) is 37.2 Å². The van der Waals surface area contributed by atoms with Gasteiger partial charge in [-0.1, -0.05) is 6.92 Å². The highest BCUT2D eigenvalue weighted by Gasteiger charge is 2.28. The smallest absolute Gasteiger partial charge is 0.256 e. The monoisotopic (exact) mass is 406 g/mol. The molecule has 0 spiro atoms. The van der Waals surface area contributed by atoms with Crippen LogP contribution in [-0.2, 0) is 6.42 Å². The Kier molecular flexibility index (Phi) is 5.74. The van der Waals surface area contributed by atoms with E-state index in [-0.39, 0.29) is 17.7 Å². The van der Waals surface area contributed by atoms with Gasteiger partial charge in [0.15, 0.2) is 5.65 Å². The maximum absolute atomic E-state index is 13.0. The first-order valence-electron chi connectivity index (χ1n) is 10.5. The van der Waals surface area contributed by atoms with E-state index in [1.807, 2.05) is 36.9 Å². The molecule has 4 rings (SSSR count). The predicted molar refractivity (Wildman–Crippen MR) is 112 cm³/mol. The van der Waals surface area contributed by atoms with Crippen LogP contribution in [0.5, 0.6) is 0 Å². The van der Waals surface area contributed by atoms with Gasteiger partial charge in [-0.05, 0) is 44.4 Å². The first-order chi connectivity index (χ1) is 14.6. The fraction of sp³-hybridized carbons (Fsp3) is 0.409. The van der Waals surface area contributed by atoms with Gasteiger partial charge in [-0.15, -0.1) is 0 Å². The number of nitrogens with one attached hydrogen (secondary N) is 1. The summed E-state index contributed by atoms with van der Waals surface area (Å²) in [5.41, 5.74) is 3.56. The highest BCUT2D eigenvalue weighted by atomic mass is 16.2. The number of fused-ring (bicyclic) bond motifs is 1. The maximum Gasteiger partial charge on any atom is 0.256 e. The largest absolute Gasteiger partial charge is 0.352 e. The average Bonchev–Trinajstić information content (AvgIpc) is 3.23. The van der Waals surface area contributed by atoms with Gasteiger partial charge in [0.2, 0.25) is 0 Å². The van der Waals surface area contributed by atoms with Crippen LogP contribution in [0.25, 0.3) is 5.65 Å². The molecule has 30 heavy (non-hydrogen) atoms. The van der Waals surface area contributed by atoms with Crippen molar-refractivity contribution in [2.24, 2.45) is 0 Å². The van der Waals surface area contributed by atoms with Gasteiger partial charge >= 0.3 is 0 Å². The summed E-state index contributed by atoms with van der Waals surface area (Å²) in [5, 5.41) is 7.22. The summed E-state index contributed by atoms with van der Waals surface area (Å²) in [6.45, 7) is 5.79. The summed E-state index contributed by atoms with van der Waals surface area (Å²) in [7, 11) is 0. The van der Waals surface area contributed by atoms with E-state index in [2.05, 4.69) is 20.4 Å². The number of aromatic nitrogens is 4. The number of likely N-dealkylation sites (tertiary alicyclic amines) is 1. The minimum atomic E-state index is -0.180. The van der Waals surface area contributed by atoms with Gasteiger partial charge < -0.3 is 10.2 Å². The molecule has 4 heterocycles. The Hall–Kier alpha value is -3.29. The van der Waals surface area contributed by atoms with Crippen LogP contribution in [0.1, 0.15) is 64.7 Å². The van der Waals surface area contributed by atoms with Crippen molar-refractivity contribution in [1.29, 1.82) is 0 Å². The fourth-order valence-electron chi connectivity index (χ4n) is 3.98. The van der Waals surface area contributed by atoms with Crippen LogP contribution in [0.15, 0.2) is 36.8 Å². The number of pyridine rings is 1. The highest BCUT2D eigenvalue weighted by molar-refractivity contribution is 5.99. The molecule has 156 valence electrons. The number of piperidine rings is 1. The van der Waals surface area contributed by atoms with E-state index in [1.165, 1.54) is 0 Å². The Bertz CT molecular complexity index is 1060. The van der Waals surface area contributed by atoms with Crippen molar-refractivity contribution in [2.45, 2.75) is 39.0 Å². The van der Waals surface area contributed by atoms with E-state index >= 15 is 0 Å². The molecule has 1 fully saturated rings. The Labute approximate surface area is 175 Å². The van der Waals surface area contributed by atoms with E-state index in [4.69, 9.17) is 0 Å². The van der Waals surface area contributed by atoms with Gasteiger partial charge in [-0.25, -0.2) is 9.50 Å². The summed E-state index contributed by atoms with van der Waals surface area (Å²) >= 11 is 0. The van der Waals surface area contributed by atoms with Crippen LogP contribution >= 0.6 is 0 Å². The Morgan fingerprint density at radius 3 is 2.77 bits per heavy atom. The first-order valence-corrected chi connectivity index (χ1v) is 10.5. The van der Waals surface area contributed by atoms with Crippen molar-refractivity contribution in [3.8, 4) is 0 Å². The zero-order valence-corrected chi connectivity index (χ0v) is 17.3. The summed E-state index contributed by atoms with van der Waals surface area (Å²) in [4.78, 5) is 35.9. The van der Waals surface area contributed by atoms with Crippen molar-refractivity contribution >= 4 is 17.5 Å². The second-order valence-corrected chi connectivity index (χ2v) is 7.50. The van der Waals surface area contributed by atoms with Crippen molar-refractivity contribution in [2.75, 3.05) is 19.6 Å². The van der Waals surface area contributed by atoms with E-state index in [0.29, 0.717) is 29.9 Å². The molecule has 1 aliphatic rings. The molecular weight excluding hydrogens is 380 g/mol. The molecule has 0 radical (unpaired) electrons.